The molecule has 136 valence electrons. The quantitative estimate of drug-likeness (QED) is 0.579. The van der Waals surface area contributed by atoms with Crippen LogP contribution in [-0.4, -0.2) is 38.4 Å². The summed E-state index contributed by atoms with van der Waals surface area (Å²) in [6.45, 7) is 1.48. The van der Waals surface area contributed by atoms with E-state index in [4.69, 9.17) is 9.47 Å². The fraction of sp³-hybridized carbons (Fsp3) is 0.211. The van der Waals surface area contributed by atoms with E-state index in [9.17, 15) is 14.4 Å². The molecule has 0 fully saturated rings. The van der Waals surface area contributed by atoms with Crippen LogP contribution in [0.5, 0.6) is 11.5 Å². The number of carbonyl (C=O) groups is 3. The van der Waals surface area contributed by atoms with Crippen LogP contribution < -0.4 is 19.7 Å². The molecule has 2 aromatic carbocycles. The molecule has 0 aliphatic rings. The zero-order valence-corrected chi connectivity index (χ0v) is 14.8. The molecule has 1 N–H and O–H groups in total. The number of Topliss-reactive ketones (excluding diaryl/α,β-unsaturated/α-hetero) is 1. The van der Waals surface area contributed by atoms with Crippen molar-refractivity contribution in [2.24, 2.45) is 0 Å². The summed E-state index contributed by atoms with van der Waals surface area (Å²) in [7, 11) is 2.92. The summed E-state index contributed by atoms with van der Waals surface area (Å²) in [5, 5.41) is 2.51. The van der Waals surface area contributed by atoms with Crippen LogP contribution in [0.25, 0.3) is 0 Å². The summed E-state index contributed by atoms with van der Waals surface area (Å²) >= 11 is 0. The van der Waals surface area contributed by atoms with E-state index in [0.29, 0.717) is 29.3 Å². The lowest BCUT2D eigenvalue weighted by Crippen LogP contribution is -2.43. The molecule has 26 heavy (non-hydrogen) atoms. The molecule has 0 aromatic heterocycles. The van der Waals surface area contributed by atoms with E-state index < -0.39 is 17.7 Å². The number of carbonyl (C=O) groups excluding carboxylic acids is 3. The second-order valence-electron chi connectivity index (χ2n) is 5.38. The maximum absolute atomic E-state index is 12.5. The first-order chi connectivity index (χ1) is 12.5. The van der Waals surface area contributed by atoms with Gasteiger partial charge in [0.25, 0.3) is 5.91 Å². The van der Waals surface area contributed by atoms with Gasteiger partial charge in [-0.2, -0.15) is 0 Å². The van der Waals surface area contributed by atoms with E-state index in [-0.39, 0.29) is 0 Å². The molecule has 0 spiro atoms. The van der Waals surface area contributed by atoms with Gasteiger partial charge in [0.05, 0.1) is 25.6 Å². The Morgan fingerprint density at radius 1 is 1.00 bits per heavy atom. The first-order valence-corrected chi connectivity index (χ1v) is 7.88. The van der Waals surface area contributed by atoms with Gasteiger partial charge in [-0.25, -0.2) is 0 Å². The molecule has 0 radical (unpaired) electrons. The topological polar surface area (TPSA) is 84.9 Å². The first kappa shape index (κ1) is 19.0. The second kappa shape index (κ2) is 8.66. The number of nitrogens with zero attached hydrogens (tertiary/aromatic N) is 1. The van der Waals surface area contributed by atoms with Gasteiger partial charge in [0, 0.05) is 0 Å². The summed E-state index contributed by atoms with van der Waals surface area (Å²) in [4.78, 5) is 37.6. The number of rotatable bonds is 8. The maximum Gasteiger partial charge on any atom is 0.294 e. The molecule has 0 aliphatic carbocycles. The van der Waals surface area contributed by atoms with Crippen LogP contribution in [0.4, 0.5) is 11.4 Å². The van der Waals surface area contributed by atoms with Crippen molar-refractivity contribution in [1.29, 1.82) is 0 Å². The lowest BCUT2D eigenvalue weighted by molar-refractivity contribution is -0.135. The molecule has 2 rings (SSSR count). The van der Waals surface area contributed by atoms with Gasteiger partial charge in [0.15, 0.2) is 0 Å². The van der Waals surface area contributed by atoms with Crippen LogP contribution in [0.1, 0.15) is 6.92 Å². The molecule has 7 nitrogen and oxygen atoms in total. The molecule has 0 aliphatic heterocycles. The second-order valence-corrected chi connectivity index (χ2v) is 5.38. The number of hydrogen-bond donors (Lipinski definition) is 1. The van der Waals surface area contributed by atoms with Crippen molar-refractivity contribution < 1.29 is 23.9 Å². The van der Waals surface area contributed by atoms with Gasteiger partial charge >= 0.3 is 0 Å². The largest absolute Gasteiger partial charge is 0.495 e. The highest BCUT2D eigenvalue weighted by Gasteiger charge is 2.29. The standard InChI is InChI=1S/C19H20N2O5/c1-13(21(12-22)15-9-5-7-11-17(15)26-3)18(23)19(24)20-14-8-4-6-10-16(14)25-2/h4-13H,1-3H3,(H,20,24)/t13-/m0/s1. The van der Waals surface area contributed by atoms with E-state index in [2.05, 4.69) is 5.32 Å². The zero-order chi connectivity index (χ0) is 19.1. The van der Waals surface area contributed by atoms with Gasteiger partial charge in [-0.15, -0.1) is 0 Å². The van der Waals surface area contributed by atoms with Crippen molar-refractivity contribution in [2.75, 3.05) is 24.4 Å². The Balaban J connectivity index is 2.21. The third-order valence-corrected chi connectivity index (χ3v) is 3.85. The van der Waals surface area contributed by atoms with Crippen LogP contribution in [0.15, 0.2) is 48.5 Å². The van der Waals surface area contributed by atoms with Crippen LogP contribution in [0.2, 0.25) is 0 Å². The van der Waals surface area contributed by atoms with Crippen LogP contribution in [0, 0.1) is 0 Å². The Morgan fingerprint density at radius 3 is 2.19 bits per heavy atom. The van der Waals surface area contributed by atoms with Gasteiger partial charge in [-0.3, -0.25) is 14.4 Å². The number of para-hydroxylation sites is 4. The molecular weight excluding hydrogens is 336 g/mol. The average molecular weight is 356 g/mol. The van der Waals surface area contributed by atoms with Crippen molar-refractivity contribution in [3.8, 4) is 11.5 Å². The fourth-order valence-corrected chi connectivity index (χ4v) is 2.45. The lowest BCUT2D eigenvalue weighted by atomic mass is 10.1. The molecule has 1 atom stereocenters. The smallest absolute Gasteiger partial charge is 0.294 e. The van der Waals surface area contributed by atoms with E-state index in [1.165, 1.54) is 21.1 Å². The van der Waals surface area contributed by atoms with E-state index in [1.807, 2.05) is 0 Å². The van der Waals surface area contributed by atoms with E-state index in [1.54, 1.807) is 48.5 Å². The summed E-state index contributed by atoms with van der Waals surface area (Å²) < 4.78 is 10.4. The highest BCUT2D eigenvalue weighted by Crippen LogP contribution is 2.28. The van der Waals surface area contributed by atoms with Crippen LogP contribution in [-0.2, 0) is 14.4 Å². The van der Waals surface area contributed by atoms with Crippen molar-refractivity contribution in [2.45, 2.75) is 13.0 Å². The van der Waals surface area contributed by atoms with Gasteiger partial charge < -0.3 is 19.7 Å². The number of amides is 2. The lowest BCUT2D eigenvalue weighted by Gasteiger charge is -2.25. The minimum atomic E-state index is -1.02. The number of ketones is 1. The fourth-order valence-electron chi connectivity index (χ4n) is 2.45. The van der Waals surface area contributed by atoms with E-state index >= 15 is 0 Å². The Hall–Kier alpha value is -3.35. The maximum atomic E-state index is 12.5. The number of nitrogens with one attached hydrogen (secondary N) is 1. The molecule has 7 heteroatoms. The number of benzene rings is 2. The normalized spacial score (nSPS) is 11.2. The predicted octanol–water partition coefficient (Wildman–Crippen LogP) is 2.26. The molecule has 2 amide bonds. The van der Waals surface area contributed by atoms with Gasteiger partial charge in [-0.1, -0.05) is 24.3 Å². The van der Waals surface area contributed by atoms with Gasteiger partial charge in [0.1, 0.15) is 17.5 Å². The Kier molecular flexibility index (Phi) is 6.32. The van der Waals surface area contributed by atoms with E-state index in [0.717, 1.165) is 4.90 Å². The minimum absolute atomic E-state index is 0.371. The average Bonchev–Trinajstić information content (AvgIpc) is 2.68. The highest BCUT2D eigenvalue weighted by molar-refractivity contribution is 6.43. The number of anilines is 2. The van der Waals surface area contributed by atoms with Crippen molar-refractivity contribution >= 4 is 29.5 Å². The van der Waals surface area contributed by atoms with Gasteiger partial charge in [0.2, 0.25) is 12.2 Å². The Labute approximate surface area is 151 Å². The Morgan fingerprint density at radius 2 is 1.58 bits per heavy atom. The number of ether oxygens (including phenoxy) is 2. The number of hydrogen-bond acceptors (Lipinski definition) is 5. The zero-order valence-electron chi connectivity index (χ0n) is 14.8. The summed E-state index contributed by atoms with van der Waals surface area (Å²) in [5.41, 5.74) is 0.770. The third kappa shape index (κ3) is 4.00. The van der Waals surface area contributed by atoms with Crippen molar-refractivity contribution in [3.63, 3.8) is 0 Å². The monoisotopic (exact) mass is 356 g/mol. The van der Waals surface area contributed by atoms with Crippen LogP contribution >= 0.6 is 0 Å². The molecule has 0 bridgehead atoms. The van der Waals surface area contributed by atoms with Crippen molar-refractivity contribution in [1.82, 2.24) is 0 Å². The molecule has 0 unspecified atom stereocenters. The summed E-state index contributed by atoms with van der Waals surface area (Å²) in [6, 6.07) is 12.5. The SMILES string of the molecule is COc1ccccc1NC(=O)C(=O)[C@H](C)N(C=O)c1ccccc1OC. The summed E-state index contributed by atoms with van der Waals surface area (Å²) in [6.07, 6.45) is 0.497. The van der Waals surface area contributed by atoms with Gasteiger partial charge in [-0.05, 0) is 31.2 Å². The minimum Gasteiger partial charge on any atom is -0.495 e. The summed E-state index contributed by atoms with van der Waals surface area (Å²) in [5.74, 6) is -0.764. The molecule has 0 heterocycles. The highest BCUT2D eigenvalue weighted by atomic mass is 16.5. The van der Waals surface area contributed by atoms with Crippen molar-refractivity contribution in [3.05, 3.63) is 48.5 Å². The third-order valence-electron chi connectivity index (χ3n) is 3.85. The Bertz CT molecular complexity index is 806. The number of methoxy groups -OCH3 is 2. The molecular formula is C19H20N2O5. The first-order valence-electron chi connectivity index (χ1n) is 7.88. The predicted molar refractivity (Wildman–Crippen MR) is 97.6 cm³/mol. The molecule has 2 aromatic rings. The molecule has 0 saturated heterocycles. The van der Waals surface area contributed by atoms with Crippen LogP contribution in [0.3, 0.4) is 0 Å². The molecule has 0 saturated carbocycles.